The number of hydrogen-bond acceptors (Lipinski definition) is 2. The fourth-order valence-corrected chi connectivity index (χ4v) is 3.01. The maximum absolute atomic E-state index is 6.46. The molecule has 3 N–H and O–H groups in total. The predicted octanol–water partition coefficient (Wildman–Crippen LogP) is 3.08. The Kier molecular flexibility index (Phi) is 4.41. The van der Waals surface area contributed by atoms with Crippen LogP contribution < -0.4 is 11.1 Å². The molecule has 2 rings (SSSR count). The molecule has 1 aliphatic carbocycles. The van der Waals surface area contributed by atoms with Gasteiger partial charge in [-0.1, -0.05) is 18.2 Å². The molecule has 0 heterocycles. The SMILES string of the molecule is CNC1CCC(C(N)c2ccc(C)c(C)c2)CC1. The van der Waals surface area contributed by atoms with E-state index in [-0.39, 0.29) is 6.04 Å². The number of aryl methyl sites for hydroxylation is 2. The molecular formula is C16H26N2. The molecule has 0 bridgehead atoms. The van der Waals surface area contributed by atoms with Crippen molar-refractivity contribution in [3.8, 4) is 0 Å². The highest BCUT2D eigenvalue weighted by Crippen LogP contribution is 2.33. The van der Waals surface area contributed by atoms with Gasteiger partial charge in [-0.2, -0.15) is 0 Å². The molecule has 0 radical (unpaired) electrons. The standard InChI is InChI=1S/C16H26N2/c1-11-4-5-14(10-12(11)2)16(17)13-6-8-15(18-3)9-7-13/h4-5,10,13,15-16,18H,6-9,17H2,1-3H3. The maximum Gasteiger partial charge on any atom is 0.0323 e. The zero-order chi connectivity index (χ0) is 13.1. The van der Waals surface area contributed by atoms with E-state index in [1.807, 2.05) is 0 Å². The van der Waals surface area contributed by atoms with E-state index in [1.165, 1.54) is 42.4 Å². The number of hydrogen-bond donors (Lipinski definition) is 2. The minimum absolute atomic E-state index is 0.210. The van der Waals surface area contributed by atoms with E-state index in [0.29, 0.717) is 12.0 Å². The van der Waals surface area contributed by atoms with Gasteiger partial charge in [-0.15, -0.1) is 0 Å². The first kappa shape index (κ1) is 13.6. The Labute approximate surface area is 111 Å². The first-order valence-corrected chi connectivity index (χ1v) is 7.12. The lowest BCUT2D eigenvalue weighted by atomic mass is 9.79. The molecule has 1 fully saturated rings. The van der Waals surface area contributed by atoms with E-state index >= 15 is 0 Å². The van der Waals surface area contributed by atoms with Crippen LogP contribution in [0.2, 0.25) is 0 Å². The van der Waals surface area contributed by atoms with Crippen LogP contribution >= 0.6 is 0 Å². The molecule has 0 aliphatic heterocycles. The Morgan fingerprint density at radius 1 is 1.11 bits per heavy atom. The normalized spacial score (nSPS) is 26.0. The van der Waals surface area contributed by atoms with Gasteiger partial charge in [0.2, 0.25) is 0 Å². The molecule has 1 saturated carbocycles. The van der Waals surface area contributed by atoms with Crippen molar-refractivity contribution >= 4 is 0 Å². The molecular weight excluding hydrogens is 220 g/mol. The van der Waals surface area contributed by atoms with E-state index in [1.54, 1.807) is 0 Å². The summed E-state index contributed by atoms with van der Waals surface area (Å²) in [6.45, 7) is 4.33. The highest BCUT2D eigenvalue weighted by atomic mass is 14.9. The molecule has 0 saturated heterocycles. The van der Waals surface area contributed by atoms with Crippen LogP contribution in [0, 0.1) is 19.8 Å². The number of benzene rings is 1. The third kappa shape index (κ3) is 2.93. The zero-order valence-corrected chi connectivity index (χ0v) is 11.9. The summed E-state index contributed by atoms with van der Waals surface area (Å²) in [6.07, 6.45) is 5.03. The van der Waals surface area contributed by atoms with Crippen molar-refractivity contribution in [1.29, 1.82) is 0 Å². The van der Waals surface area contributed by atoms with Crippen LogP contribution in [0.3, 0.4) is 0 Å². The van der Waals surface area contributed by atoms with Crippen LogP contribution in [-0.2, 0) is 0 Å². The van der Waals surface area contributed by atoms with Gasteiger partial charge in [-0.25, -0.2) is 0 Å². The topological polar surface area (TPSA) is 38.0 Å². The third-order valence-electron chi connectivity index (χ3n) is 4.60. The monoisotopic (exact) mass is 246 g/mol. The molecule has 0 amide bonds. The first-order valence-electron chi connectivity index (χ1n) is 7.12. The molecule has 1 aliphatic rings. The van der Waals surface area contributed by atoms with Crippen molar-refractivity contribution < 1.29 is 0 Å². The predicted molar refractivity (Wildman–Crippen MR) is 77.7 cm³/mol. The maximum atomic E-state index is 6.46. The minimum Gasteiger partial charge on any atom is -0.324 e. The number of nitrogens with one attached hydrogen (secondary N) is 1. The molecule has 1 aromatic carbocycles. The lowest BCUT2D eigenvalue weighted by Crippen LogP contribution is -2.33. The van der Waals surface area contributed by atoms with Gasteiger partial charge in [0.15, 0.2) is 0 Å². The van der Waals surface area contributed by atoms with Crippen molar-refractivity contribution in [3.05, 3.63) is 34.9 Å². The smallest absolute Gasteiger partial charge is 0.0323 e. The Morgan fingerprint density at radius 2 is 1.78 bits per heavy atom. The summed E-state index contributed by atoms with van der Waals surface area (Å²) in [5, 5.41) is 3.38. The van der Waals surface area contributed by atoms with Gasteiger partial charge < -0.3 is 11.1 Å². The van der Waals surface area contributed by atoms with Gasteiger partial charge in [0.05, 0.1) is 0 Å². The molecule has 0 spiro atoms. The van der Waals surface area contributed by atoms with Gasteiger partial charge in [0, 0.05) is 12.1 Å². The quantitative estimate of drug-likeness (QED) is 0.860. The van der Waals surface area contributed by atoms with Gasteiger partial charge >= 0.3 is 0 Å². The molecule has 2 nitrogen and oxygen atoms in total. The van der Waals surface area contributed by atoms with Crippen molar-refractivity contribution in [2.45, 2.75) is 51.6 Å². The van der Waals surface area contributed by atoms with E-state index in [0.717, 1.165) is 0 Å². The van der Waals surface area contributed by atoms with Gasteiger partial charge in [-0.3, -0.25) is 0 Å². The second-order valence-corrected chi connectivity index (χ2v) is 5.77. The average molecular weight is 246 g/mol. The van der Waals surface area contributed by atoms with Crippen LogP contribution in [0.5, 0.6) is 0 Å². The summed E-state index contributed by atoms with van der Waals surface area (Å²) in [5.74, 6) is 0.650. The first-order chi connectivity index (χ1) is 8.61. The number of nitrogens with two attached hydrogens (primary N) is 1. The second-order valence-electron chi connectivity index (χ2n) is 5.77. The largest absolute Gasteiger partial charge is 0.324 e. The highest BCUT2D eigenvalue weighted by Gasteiger charge is 2.25. The Morgan fingerprint density at radius 3 is 2.33 bits per heavy atom. The van der Waals surface area contributed by atoms with E-state index in [4.69, 9.17) is 5.73 Å². The van der Waals surface area contributed by atoms with E-state index in [2.05, 4.69) is 44.4 Å². The summed E-state index contributed by atoms with van der Waals surface area (Å²) in [7, 11) is 2.06. The zero-order valence-electron chi connectivity index (χ0n) is 11.9. The fourth-order valence-electron chi connectivity index (χ4n) is 3.01. The molecule has 2 heteroatoms. The van der Waals surface area contributed by atoms with Gasteiger partial charge in [0.1, 0.15) is 0 Å². The third-order valence-corrected chi connectivity index (χ3v) is 4.60. The molecule has 1 aromatic rings. The summed E-state index contributed by atoms with van der Waals surface area (Å²) in [5.41, 5.74) is 10.5. The van der Waals surface area contributed by atoms with E-state index < -0.39 is 0 Å². The minimum atomic E-state index is 0.210. The van der Waals surface area contributed by atoms with Crippen molar-refractivity contribution in [2.75, 3.05) is 7.05 Å². The van der Waals surface area contributed by atoms with Crippen molar-refractivity contribution in [2.24, 2.45) is 11.7 Å². The van der Waals surface area contributed by atoms with Gasteiger partial charge in [-0.05, 0) is 69.2 Å². The van der Waals surface area contributed by atoms with Crippen molar-refractivity contribution in [3.63, 3.8) is 0 Å². The van der Waals surface area contributed by atoms with Crippen molar-refractivity contribution in [1.82, 2.24) is 5.32 Å². The Bertz CT molecular complexity index is 392. The van der Waals surface area contributed by atoms with Crippen LogP contribution in [0.25, 0.3) is 0 Å². The summed E-state index contributed by atoms with van der Waals surface area (Å²) in [6, 6.07) is 7.58. The molecule has 0 aromatic heterocycles. The van der Waals surface area contributed by atoms with E-state index in [9.17, 15) is 0 Å². The molecule has 1 unspecified atom stereocenters. The van der Waals surface area contributed by atoms with Crippen LogP contribution in [0.4, 0.5) is 0 Å². The van der Waals surface area contributed by atoms with Gasteiger partial charge in [0.25, 0.3) is 0 Å². The Hall–Kier alpha value is -0.860. The second kappa shape index (κ2) is 5.85. The molecule has 100 valence electrons. The summed E-state index contributed by atoms with van der Waals surface area (Å²) < 4.78 is 0. The van der Waals surface area contributed by atoms with Crippen LogP contribution in [0.1, 0.15) is 48.4 Å². The fraction of sp³-hybridized carbons (Fsp3) is 0.625. The lowest BCUT2D eigenvalue weighted by molar-refractivity contribution is 0.267. The van der Waals surface area contributed by atoms with Crippen LogP contribution in [-0.4, -0.2) is 13.1 Å². The van der Waals surface area contributed by atoms with Crippen LogP contribution in [0.15, 0.2) is 18.2 Å². The Balaban J connectivity index is 2.03. The average Bonchev–Trinajstić information content (AvgIpc) is 2.41. The highest BCUT2D eigenvalue weighted by molar-refractivity contribution is 5.31. The summed E-state index contributed by atoms with van der Waals surface area (Å²) >= 11 is 0. The lowest BCUT2D eigenvalue weighted by Gasteiger charge is -2.32. The summed E-state index contributed by atoms with van der Waals surface area (Å²) in [4.78, 5) is 0. The number of rotatable bonds is 3. The molecule has 1 atom stereocenters. The molecule has 18 heavy (non-hydrogen) atoms.